The lowest BCUT2D eigenvalue weighted by Crippen LogP contribution is -2.62. The van der Waals surface area contributed by atoms with Gasteiger partial charge in [-0.2, -0.15) is 0 Å². The van der Waals surface area contributed by atoms with Crippen LogP contribution in [-0.2, 0) is 9.53 Å². The Balaban J connectivity index is 2.72. The lowest BCUT2D eigenvalue weighted by Gasteiger charge is -2.34. The molecule has 1 aliphatic heterocycles. The van der Waals surface area contributed by atoms with Gasteiger partial charge in [0.15, 0.2) is 11.7 Å². The summed E-state index contributed by atoms with van der Waals surface area (Å²) in [5.41, 5.74) is 3.23. The lowest BCUT2D eigenvalue weighted by molar-refractivity contribution is -0.158. The molecular formula is C12H24N4O7. The number of aliphatic hydroxyl groups is 4. The lowest BCUT2D eigenvalue weighted by atomic mass is 10.0. The van der Waals surface area contributed by atoms with Crippen LogP contribution in [0.5, 0.6) is 0 Å². The zero-order valence-corrected chi connectivity index (χ0v) is 12.5. The summed E-state index contributed by atoms with van der Waals surface area (Å²) in [6.45, 7) is -1.11. The van der Waals surface area contributed by atoms with Gasteiger partial charge in [-0.3, -0.25) is 15.5 Å². The molecule has 0 aromatic carbocycles. The Morgan fingerprint density at radius 3 is 2.48 bits per heavy atom. The molecule has 5 atom stereocenters. The van der Waals surface area contributed by atoms with Gasteiger partial charge in [0, 0.05) is 6.54 Å². The third-order valence-electron chi connectivity index (χ3n) is 3.66. The predicted molar refractivity (Wildman–Crippen MR) is 77.5 cm³/mol. The van der Waals surface area contributed by atoms with E-state index >= 15 is 0 Å². The summed E-state index contributed by atoms with van der Waals surface area (Å²) in [6, 6.07) is -1.18. The fourth-order valence-corrected chi connectivity index (χ4v) is 2.41. The second-order valence-electron chi connectivity index (χ2n) is 5.34. The minimum Gasteiger partial charge on any atom is -0.480 e. The number of rotatable bonds is 9. The van der Waals surface area contributed by atoms with Crippen molar-refractivity contribution in [2.75, 3.05) is 19.8 Å². The molecule has 134 valence electrons. The first kappa shape index (κ1) is 19.5. The Morgan fingerprint density at radius 1 is 1.39 bits per heavy atom. The number of carboxylic acids is 1. The minimum atomic E-state index is -1.89. The largest absolute Gasteiger partial charge is 0.480 e. The Labute approximate surface area is 132 Å². The monoisotopic (exact) mass is 336 g/mol. The van der Waals surface area contributed by atoms with Crippen LogP contribution in [0.4, 0.5) is 0 Å². The molecule has 1 heterocycles. The van der Waals surface area contributed by atoms with Gasteiger partial charge in [-0.05, 0) is 12.8 Å². The van der Waals surface area contributed by atoms with E-state index in [-0.39, 0.29) is 18.9 Å². The molecule has 0 amide bonds. The van der Waals surface area contributed by atoms with Gasteiger partial charge < -0.3 is 41.3 Å². The third-order valence-corrected chi connectivity index (χ3v) is 3.66. The van der Waals surface area contributed by atoms with Gasteiger partial charge in [0.25, 0.3) is 0 Å². The van der Waals surface area contributed by atoms with Crippen molar-refractivity contribution in [1.82, 2.24) is 10.6 Å². The second-order valence-corrected chi connectivity index (χ2v) is 5.34. The minimum absolute atomic E-state index is 0.0906. The fraction of sp³-hybridized carbons (Fsp3) is 0.833. The highest BCUT2D eigenvalue weighted by Gasteiger charge is 2.54. The molecule has 0 bridgehead atoms. The average molecular weight is 336 g/mol. The zero-order chi connectivity index (χ0) is 17.6. The topological polar surface area (TPSA) is 201 Å². The molecule has 1 aliphatic rings. The van der Waals surface area contributed by atoms with E-state index in [2.05, 4.69) is 10.6 Å². The third kappa shape index (κ3) is 4.73. The molecule has 1 unspecified atom stereocenters. The molecule has 0 aliphatic carbocycles. The molecule has 0 saturated carbocycles. The molecule has 10 N–H and O–H groups in total. The first-order valence-electron chi connectivity index (χ1n) is 7.11. The molecule has 11 nitrogen and oxygen atoms in total. The van der Waals surface area contributed by atoms with Gasteiger partial charge in [-0.25, -0.2) is 0 Å². The van der Waals surface area contributed by atoms with Crippen LogP contribution < -0.4 is 16.4 Å². The standard InChI is InChI=1S/C12H24N4O7/c13-11(14)15-3-1-2-6(10(21)22)16-12(5-18)9(20)8(19)7(4-17)23-12/h6-9,16-20H,1-5H2,(H,21,22)(H4,13,14,15)/t6-,7+,8+,9-,12?/m0/s1. The highest BCUT2D eigenvalue weighted by molar-refractivity contribution is 5.74. The molecule has 11 heteroatoms. The van der Waals surface area contributed by atoms with E-state index in [0.717, 1.165) is 0 Å². The number of carbonyl (C=O) groups is 1. The molecule has 1 fully saturated rings. The Kier molecular flexibility index (Phi) is 7.12. The Hall–Kier alpha value is -1.50. The number of nitrogens with two attached hydrogens (primary N) is 1. The number of aliphatic carboxylic acids is 1. The Bertz CT molecular complexity index is 424. The number of carboxylic acid groups (broad SMARTS) is 1. The number of guanidine groups is 1. The van der Waals surface area contributed by atoms with E-state index in [9.17, 15) is 25.2 Å². The molecule has 0 spiro atoms. The van der Waals surface area contributed by atoms with Gasteiger partial charge in [0.05, 0.1) is 13.2 Å². The smallest absolute Gasteiger partial charge is 0.320 e. The number of nitrogens with one attached hydrogen (secondary N) is 3. The first-order chi connectivity index (χ1) is 10.8. The van der Waals surface area contributed by atoms with Crippen LogP contribution in [0, 0.1) is 5.41 Å². The van der Waals surface area contributed by atoms with E-state index in [0.29, 0.717) is 6.42 Å². The molecule has 0 aromatic heterocycles. The van der Waals surface area contributed by atoms with Crippen LogP contribution in [0.2, 0.25) is 0 Å². The van der Waals surface area contributed by atoms with Crippen molar-refractivity contribution in [3.05, 3.63) is 0 Å². The summed E-state index contributed by atoms with van der Waals surface area (Å²) in [7, 11) is 0. The van der Waals surface area contributed by atoms with Crippen molar-refractivity contribution in [2.45, 2.75) is 42.9 Å². The van der Waals surface area contributed by atoms with Crippen molar-refractivity contribution in [2.24, 2.45) is 5.73 Å². The summed E-state index contributed by atoms with van der Waals surface area (Å²) in [4.78, 5) is 11.3. The van der Waals surface area contributed by atoms with Gasteiger partial charge in [0.2, 0.25) is 0 Å². The normalized spacial score (nSPS) is 31.7. The maximum atomic E-state index is 11.3. The van der Waals surface area contributed by atoms with E-state index in [1.807, 2.05) is 0 Å². The SMILES string of the molecule is N=C(N)NCCC[C@H](NC1(CO)O[C@H](CO)[C@@H](O)[C@@H]1O)C(=O)O. The van der Waals surface area contributed by atoms with E-state index in [1.54, 1.807) is 0 Å². The van der Waals surface area contributed by atoms with E-state index < -0.39 is 49.3 Å². The van der Waals surface area contributed by atoms with Crippen molar-refractivity contribution in [1.29, 1.82) is 5.41 Å². The molecular weight excluding hydrogens is 312 g/mol. The maximum Gasteiger partial charge on any atom is 0.320 e. The summed E-state index contributed by atoms with van der Waals surface area (Å²) in [6.07, 6.45) is -3.78. The van der Waals surface area contributed by atoms with Crippen molar-refractivity contribution >= 4 is 11.9 Å². The summed E-state index contributed by atoms with van der Waals surface area (Å²) in [5, 5.41) is 59.7. The van der Waals surface area contributed by atoms with E-state index in [4.69, 9.17) is 21.0 Å². The fourth-order valence-electron chi connectivity index (χ4n) is 2.41. The van der Waals surface area contributed by atoms with Gasteiger partial charge in [-0.15, -0.1) is 0 Å². The van der Waals surface area contributed by atoms with Crippen LogP contribution in [0.15, 0.2) is 0 Å². The number of hydrogen-bond acceptors (Lipinski definition) is 8. The van der Waals surface area contributed by atoms with Crippen LogP contribution in [-0.4, -0.2) is 87.3 Å². The van der Waals surface area contributed by atoms with Crippen LogP contribution in [0.3, 0.4) is 0 Å². The summed E-state index contributed by atoms with van der Waals surface area (Å²) >= 11 is 0. The van der Waals surface area contributed by atoms with Crippen LogP contribution in [0.1, 0.15) is 12.8 Å². The Morgan fingerprint density at radius 2 is 2.04 bits per heavy atom. The predicted octanol–water partition coefficient (Wildman–Crippen LogP) is -3.91. The molecule has 0 aromatic rings. The molecule has 0 radical (unpaired) electrons. The van der Waals surface area contributed by atoms with Crippen molar-refractivity contribution in [3.8, 4) is 0 Å². The van der Waals surface area contributed by atoms with Gasteiger partial charge in [-0.1, -0.05) is 0 Å². The number of hydrogen-bond donors (Lipinski definition) is 9. The zero-order valence-electron chi connectivity index (χ0n) is 12.5. The summed E-state index contributed by atoms with van der Waals surface area (Å²) in [5.74, 6) is -1.47. The van der Waals surface area contributed by atoms with Crippen molar-refractivity contribution in [3.63, 3.8) is 0 Å². The summed E-state index contributed by atoms with van der Waals surface area (Å²) < 4.78 is 5.25. The van der Waals surface area contributed by atoms with Crippen LogP contribution in [0.25, 0.3) is 0 Å². The molecule has 1 rings (SSSR count). The number of aliphatic hydroxyl groups excluding tert-OH is 4. The van der Waals surface area contributed by atoms with Crippen LogP contribution >= 0.6 is 0 Å². The van der Waals surface area contributed by atoms with Crippen molar-refractivity contribution < 1.29 is 35.1 Å². The molecule has 23 heavy (non-hydrogen) atoms. The quantitative estimate of drug-likeness (QED) is 0.114. The maximum absolute atomic E-state index is 11.3. The number of ether oxygens (including phenoxy) is 1. The van der Waals surface area contributed by atoms with E-state index in [1.165, 1.54) is 0 Å². The highest BCUT2D eigenvalue weighted by Crippen LogP contribution is 2.29. The first-order valence-corrected chi connectivity index (χ1v) is 7.11. The van der Waals surface area contributed by atoms with Gasteiger partial charge >= 0.3 is 5.97 Å². The highest BCUT2D eigenvalue weighted by atomic mass is 16.6. The molecule has 1 saturated heterocycles. The average Bonchev–Trinajstić information content (AvgIpc) is 2.75. The second kappa shape index (κ2) is 8.38. The van der Waals surface area contributed by atoms with Gasteiger partial charge in [0.1, 0.15) is 24.4 Å².